The van der Waals surface area contributed by atoms with Gasteiger partial charge in [0.2, 0.25) is 0 Å². The molecule has 0 spiro atoms. The van der Waals surface area contributed by atoms with Gasteiger partial charge in [0.1, 0.15) is 0 Å². The maximum absolute atomic E-state index is 5.98. The van der Waals surface area contributed by atoms with Crippen molar-refractivity contribution in [3.8, 4) is 0 Å². The van der Waals surface area contributed by atoms with Gasteiger partial charge in [0.15, 0.2) is 0 Å². The molecule has 1 aromatic heterocycles. The number of fused-ring (bicyclic) bond motifs is 1. The molecule has 110 valence electrons. The van der Waals surface area contributed by atoms with Crippen molar-refractivity contribution >= 4 is 0 Å². The third-order valence-corrected chi connectivity index (χ3v) is 4.55. The Labute approximate surface area is 121 Å². The Hall–Kier alpha value is -0.970. The average molecular weight is 275 g/mol. The van der Waals surface area contributed by atoms with E-state index in [4.69, 9.17) is 4.74 Å². The molecule has 2 aliphatic rings. The van der Waals surface area contributed by atoms with E-state index in [0.29, 0.717) is 12.1 Å². The minimum atomic E-state index is 0.421. The van der Waals surface area contributed by atoms with Gasteiger partial charge in [0.25, 0.3) is 0 Å². The molecular weight excluding hydrogens is 250 g/mol. The van der Waals surface area contributed by atoms with Gasteiger partial charge in [-0.3, -0.25) is 9.88 Å². The number of ether oxygens (including phenoxy) is 1. The van der Waals surface area contributed by atoms with Gasteiger partial charge in [-0.1, -0.05) is 13.0 Å². The van der Waals surface area contributed by atoms with Gasteiger partial charge < -0.3 is 9.64 Å². The van der Waals surface area contributed by atoms with Crippen LogP contribution >= 0.6 is 0 Å². The molecule has 0 aliphatic carbocycles. The first kappa shape index (κ1) is 14.0. The van der Waals surface area contributed by atoms with E-state index in [-0.39, 0.29) is 0 Å². The topological polar surface area (TPSA) is 28.6 Å². The maximum atomic E-state index is 5.98. The summed E-state index contributed by atoms with van der Waals surface area (Å²) >= 11 is 0. The van der Waals surface area contributed by atoms with E-state index in [2.05, 4.69) is 34.7 Å². The van der Waals surface area contributed by atoms with Gasteiger partial charge in [0, 0.05) is 44.6 Å². The largest absolute Gasteiger partial charge is 0.375 e. The Balaban J connectivity index is 1.71. The molecule has 2 saturated heterocycles. The molecule has 2 aliphatic heterocycles. The lowest BCUT2D eigenvalue weighted by atomic mass is 9.98. The molecule has 0 unspecified atom stereocenters. The summed E-state index contributed by atoms with van der Waals surface area (Å²) in [4.78, 5) is 9.45. The summed E-state index contributed by atoms with van der Waals surface area (Å²) in [6.07, 6.45) is 5.51. The van der Waals surface area contributed by atoms with E-state index in [1.54, 1.807) is 0 Å². The van der Waals surface area contributed by atoms with Crippen LogP contribution in [-0.2, 0) is 11.3 Å². The second-order valence-electron chi connectivity index (χ2n) is 6.00. The fourth-order valence-corrected chi connectivity index (χ4v) is 3.43. The van der Waals surface area contributed by atoms with Gasteiger partial charge in [-0.2, -0.15) is 0 Å². The molecule has 3 heterocycles. The highest BCUT2D eigenvalue weighted by atomic mass is 16.5. The van der Waals surface area contributed by atoms with Crippen molar-refractivity contribution in [3.05, 3.63) is 29.6 Å². The van der Waals surface area contributed by atoms with Gasteiger partial charge in [-0.05, 0) is 31.0 Å². The van der Waals surface area contributed by atoms with E-state index in [1.807, 2.05) is 12.4 Å². The van der Waals surface area contributed by atoms with Gasteiger partial charge in [-0.15, -0.1) is 0 Å². The number of rotatable bonds is 3. The standard InChI is InChI=1S/C16H25N3O/c1-3-18-5-4-16-15(12-18)19(6-7-20-16)11-14-8-13(2)9-17-10-14/h8-10,15-16H,3-7,11-12H2,1-2H3/t15-,16+/m0/s1. The zero-order valence-electron chi connectivity index (χ0n) is 12.6. The first-order valence-corrected chi connectivity index (χ1v) is 7.75. The third kappa shape index (κ3) is 3.03. The summed E-state index contributed by atoms with van der Waals surface area (Å²) in [5, 5.41) is 0. The summed E-state index contributed by atoms with van der Waals surface area (Å²) in [5.41, 5.74) is 2.56. The predicted molar refractivity (Wildman–Crippen MR) is 79.6 cm³/mol. The summed E-state index contributed by atoms with van der Waals surface area (Å²) in [6, 6.07) is 2.79. The van der Waals surface area contributed by atoms with Crippen LogP contribution in [0.1, 0.15) is 24.5 Å². The van der Waals surface area contributed by atoms with Gasteiger partial charge in [0.05, 0.1) is 12.7 Å². The van der Waals surface area contributed by atoms with Gasteiger partial charge in [-0.25, -0.2) is 0 Å². The van der Waals surface area contributed by atoms with Crippen molar-refractivity contribution in [2.75, 3.05) is 32.8 Å². The fraction of sp³-hybridized carbons (Fsp3) is 0.688. The summed E-state index contributed by atoms with van der Waals surface area (Å²) in [5.74, 6) is 0. The Bertz CT molecular complexity index is 451. The highest BCUT2D eigenvalue weighted by Gasteiger charge is 2.36. The number of morpholine rings is 1. The molecule has 2 atom stereocenters. The monoisotopic (exact) mass is 275 g/mol. The highest BCUT2D eigenvalue weighted by molar-refractivity contribution is 5.16. The van der Waals surface area contributed by atoms with Crippen molar-refractivity contribution in [3.63, 3.8) is 0 Å². The number of hydrogen-bond donors (Lipinski definition) is 0. The lowest BCUT2D eigenvalue weighted by Gasteiger charge is -2.47. The van der Waals surface area contributed by atoms with E-state index in [9.17, 15) is 0 Å². The van der Waals surface area contributed by atoms with Crippen LogP contribution < -0.4 is 0 Å². The molecule has 0 saturated carbocycles. The number of hydrogen-bond acceptors (Lipinski definition) is 4. The molecule has 2 fully saturated rings. The van der Waals surface area contributed by atoms with E-state index < -0.39 is 0 Å². The molecule has 1 aromatic rings. The Morgan fingerprint density at radius 1 is 1.35 bits per heavy atom. The van der Waals surface area contributed by atoms with Crippen molar-refractivity contribution < 1.29 is 4.74 Å². The maximum Gasteiger partial charge on any atom is 0.0755 e. The molecule has 4 heteroatoms. The minimum Gasteiger partial charge on any atom is -0.375 e. The number of nitrogens with zero attached hydrogens (tertiary/aromatic N) is 3. The predicted octanol–water partition coefficient (Wildman–Crippen LogP) is 1.69. The minimum absolute atomic E-state index is 0.421. The van der Waals surface area contributed by atoms with Crippen LogP contribution in [0.25, 0.3) is 0 Å². The zero-order valence-corrected chi connectivity index (χ0v) is 12.6. The lowest BCUT2D eigenvalue weighted by molar-refractivity contribution is -0.105. The molecule has 0 N–H and O–H groups in total. The molecule has 0 bridgehead atoms. The first-order valence-electron chi connectivity index (χ1n) is 7.75. The second-order valence-corrected chi connectivity index (χ2v) is 6.00. The van der Waals surface area contributed by atoms with E-state index >= 15 is 0 Å². The van der Waals surface area contributed by atoms with Crippen LogP contribution in [0.5, 0.6) is 0 Å². The Kier molecular flexibility index (Phi) is 4.34. The molecule has 20 heavy (non-hydrogen) atoms. The van der Waals surface area contributed by atoms with Crippen LogP contribution in [-0.4, -0.2) is 59.7 Å². The summed E-state index contributed by atoms with van der Waals surface area (Å²) in [6.45, 7) is 10.7. The van der Waals surface area contributed by atoms with Crippen molar-refractivity contribution in [2.45, 2.75) is 39.0 Å². The van der Waals surface area contributed by atoms with E-state index in [0.717, 1.165) is 32.8 Å². The van der Waals surface area contributed by atoms with Gasteiger partial charge >= 0.3 is 0 Å². The first-order chi connectivity index (χ1) is 9.76. The smallest absolute Gasteiger partial charge is 0.0755 e. The molecule has 0 radical (unpaired) electrons. The summed E-state index contributed by atoms with van der Waals surface area (Å²) < 4.78 is 5.98. The van der Waals surface area contributed by atoms with E-state index in [1.165, 1.54) is 24.1 Å². The molecular formula is C16H25N3O. The van der Waals surface area contributed by atoms with Crippen LogP contribution in [0, 0.1) is 6.92 Å². The van der Waals surface area contributed by atoms with Crippen LogP contribution in [0.4, 0.5) is 0 Å². The van der Waals surface area contributed by atoms with Crippen LogP contribution in [0.15, 0.2) is 18.5 Å². The number of likely N-dealkylation sites (tertiary alicyclic amines) is 1. The molecule has 0 aromatic carbocycles. The Morgan fingerprint density at radius 3 is 3.05 bits per heavy atom. The molecule has 3 rings (SSSR count). The number of likely N-dealkylation sites (N-methyl/N-ethyl adjacent to an activating group) is 1. The normalized spacial score (nSPS) is 28.3. The number of pyridine rings is 1. The quantitative estimate of drug-likeness (QED) is 0.839. The average Bonchev–Trinajstić information content (AvgIpc) is 2.47. The molecule has 4 nitrogen and oxygen atoms in total. The van der Waals surface area contributed by atoms with Crippen molar-refractivity contribution in [1.29, 1.82) is 0 Å². The zero-order chi connectivity index (χ0) is 13.9. The third-order valence-electron chi connectivity index (χ3n) is 4.55. The number of aryl methyl sites for hydroxylation is 1. The second kappa shape index (κ2) is 6.20. The van der Waals surface area contributed by atoms with Crippen LogP contribution in [0.2, 0.25) is 0 Å². The highest BCUT2D eigenvalue weighted by Crippen LogP contribution is 2.24. The van der Waals surface area contributed by atoms with Crippen molar-refractivity contribution in [2.24, 2.45) is 0 Å². The lowest BCUT2D eigenvalue weighted by Crippen LogP contribution is -2.59. The SMILES string of the molecule is CCN1CC[C@H]2OCCN(Cc3cncc(C)c3)[C@H]2C1. The Morgan fingerprint density at radius 2 is 2.25 bits per heavy atom. The molecule has 0 amide bonds. The summed E-state index contributed by atoms with van der Waals surface area (Å²) in [7, 11) is 0. The fourth-order valence-electron chi connectivity index (χ4n) is 3.43. The number of aromatic nitrogens is 1. The van der Waals surface area contributed by atoms with Crippen molar-refractivity contribution in [1.82, 2.24) is 14.8 Å². The van der Waals surface area contributed by atoms with Crippen LogP contribution in [0.3, 0.4) is 0 Å². The number of piperidine rings is 1.